The number of hydrogen-bond donors (Lipinski definition) is 0. The first kappa shape index (κ1) is 18.6. The van der Waals surface area contributed by atoms with Crippen LogP contribution in [0.2, 0.25) is 5.02 Å². The topological polar surface area (TPSA) is 46.3 Å². The average Bonchev–Trinajstić information content (AvgIpc) is 3.30. The van der Waals surface area contributed by atoms with Crippen LogP contribution in [0.4, 0.5) is 0 Å². The van der Waals surface area contributed by atoms with Gasteiger partial charge in [-0.15, -0.1) is 11.3 Å². The molecule has 2 aromatic heterocycles. The molecule has 1 aliphatic heterocycles. The van der Waals surface area contributed by atoms with Gasteiger partial charge in [-0.3, -0.25) is 4.79 Å². The standard InChI is InChI=1S/C23H21ClN2O2S/c1-13-11-19-16(12-17(13)24)14(2)21(28-19)23(27)26-9-7-15(8-10-26)22-25-18-5-3-4-6-20(18)29-22/h3-6,11-12,15H,7-10H2,1-2H3. The molecule has 29 heavy (non-hydrogen) atoms. The van der Waals surface area contributed by atoms with Gasteiger partial charge in [0.1, 0.15) is 5.58 Å². The molecule has 0 N–H and O–H groups in total. The highest BCUT2D eigenvalue weighted by atomic mass is 35.5. The van der Waals surface area contributed by atoms with Gasteiger partial charge in [-0.05, 0) is 56.5 Å². The molecular weight excluding hydrogens is 404 g/mol. The summed E-state index contributed by atoms with van der Waals surface area (Å²) in [7, 11) is 0. The molecule has 1 saturated heterocycles. The Morgan fingerprint density at radius 1 is 1.21 bits per heavy atom. The molecule has 0 aliphatic carbocycles. The van der Waals surface area contributed by atoms with Gasteiger partial charge in [0, 0.05) is 35.0 Å². The van der Waals surface area contributed by atoms with Gasteiger partial charge in [0.25, 0.3) is 5.91 Å². The molecule has 1 aliphatic rings. The maximum Gasteiger partial charge on any atom is 0.289 e. The number of nitrogens with zero attached hydrogens (tertiary/aromatic N) is 2. The van der Waals surface area contributed by atoms with Gasteiger partial charge in [-0.25, -0.2) is 4.98 Å². The van der Waals surface area contributed by atoms with Crippen molar-refractivity contribution >= 4 is 50.0 Å². The van der Waals surface area contributed by atoms with Gasteiger partial charge >= 0.3 is 0 Å². The van der Waals surface area contributed by atoms with Crippen molar-refractivity contribution in [3.8, 4) is 0 Å². The normalized spacial score (nSPS) is 15.5. The molecule has 2 aromatic carbocycles. The molecule has 0 unspecified atom stereocenters. The Hall–Kier alpha value is -2.37. The highest BCUT2D eigenvalue weighted by Gasteiger charge is 2.29. The van der Waals surface area contributed by atoms with Gasteiger partial charge in [0.15, 0.2) is 5.76 Å². The number of furan rings is 1. The maximum absolute atomic E-state index is 13.1. The molecule has 0 radical (unpaired) electrons. The number of thiazole rings is 1. The number of carbonyl (C=O) groups is 1. The summed E-state index contributed by atoms with van der Waals surface area (Å²) >= 11 is 8.03. The molecule has 1 amide bonds. The average molecular weight is 425 g/mol. The lowest BCUT2D eigenvalue weighted by molar-refractivity contribution is 0.0682. The lowest BCUT2D eigenvalue weighted by atomic mass is 9.97. The van der Waals surface area contributed by atoms with E-state index in [9.17, 15) is 4.79 Å². The summed E-state index contributed by atoms with van der Waals surface area (Å²) in [6, 6.07) is 12.1. The second-order valence-electron chi connectivity index (χ2n) is 7.74. The first-order valence-corrected chi connectivity index (χ1v) is 11.0. The molecule has 4 aromatic rings. The van der Waals surface area contributed by atoms with E-state index < -0.39 is 0 Å². The van der Waals surface area contributed by atoms with E-state index >= 15 is 0 Å². The first-order chi connectivity index (χ1) is 14.0. The van der Waals surface area contributed by atoms with Crippen molar-refractivity contribution in [3.63, 3.8) is 0 Å². The van der Waals surface area contributed by atoms with Crippen molar-refractivity contribution in [3.05, 3.63) is 63.3 Å². The fourth-order valence-electron chi connectivity index (χ4n) is 4.08. The second kappa shape index (κ2) is 7.15. The van der Waals surface area contributed by atoms with E-state index in [0.29, 0.717) is 16.7 Å². The minimum Gasteiger partial charge on any atom is -0.451 e. The van der Waals surface area contributed by atoms with Gasteiger partial charge in [-0.2, -0.15) is 0 Å². The van der Waals surface area contributed by atoms with Crippen LogP contribution >= 0.6 is 22.9 Å². The lowest BCUT2D eigenvalue weighted by Crippen LogP contribution is -2.38. The quantitative estimate of drug-likeness (QED) is 0.377. The molecule has 6 heteroatoms. The second-order valence-corrected chi connectivity index (χ2v) is 9.21. The van der Waals surface area contributed by atoms with E-state index in [-0.39, 0.29) is 5.91 Å². The van der Waals surface area contributed by atoms with Crippen LogP contribution < -0.4 is 0 Å². The van der Waals surface area contributed by atoms with Gasteiger partial charge in [0.05, 0.1) is 15.2 Å². The summed E-state index contributed by atoms with van der Waals surface area (Å²) in [4.78, 5) is 19.8. The third-order valence-corrected chi connectivity index (χ3v) is 7.46. The summed E-state index contributed by atoms with van der Waals surface area (Å²) in [5.41, 5.74) is 3.60. The van der Waals surface area contributed by atoms with Crippen LogP contribution in [0.5, 0.6) is 0 Å². The number of hydrogen-bond acceptors (Lipinski definition) is 4. The molecule has 0 atom stereocenters. The summed E-state index contributed by atoms with van der Waals surface area (Å²) in [6.07, 6.45) is 1.85. The number of benzene rings is 2. The molecule has 4 nitrogen and oxygen atoms in total. The molecule has 5 rings (SSSR count). The SMILES string of the molecule is Cc1cc2oc(C(=O)N3CCC(c4nc5ccccc5s4)CC3)c(C)c2cc1Cl. The van der Waals surface area contributed by atoms with Crippen LogP contribution in [0.15, 0.2) is 40.8 Å². The fraction of sp³-hybridized carbons (Fsp3) is 0.304. The van der Waals surface area contributed by atoms with Gasteiger partial charge in [0.2, 0.25) is 0 Å². The predicted molar refractivity (Wildman–Crippen MR) is 118 cm³/mol. The fourth-order valence-corrected chi connectivity index (χ4v) is 5.38. The first-order valence-electron chi connectivity index (χ1n) is 9.85. The van der Waals surface area contributed by atoms with E-state index in [0.717, 1.165) is 53.5 Å². The number of halogens is 1. The summed E-state index contributed by atoms with van der Waals surface area (Å²) in [6.45, 7) is 5.30. The van der Waals surface area contributed by atoms with Crippen molar-refractivity contribution < 1.29 is 9.21 Å². The smallest absolute Gasteiger partial charge is 0.289 e. The molecule has 1 fully saturated rings. The maximum atomic E-state index is 13.1. The number of para-hydroxylation sites is 1. The molecule has 0 spiro atoms. The summed E-state index contributed by atoms with van der Waals surface area (Å²) < 4.78 is 7.17. The molecule has 0 bridgehead atoms. The number of carbonyl (C=O) groups excluding carboxylic acids is 1. The lowest BCUT2D eigenvalue weighted by Gasteiger charge is -2.30. The Bertz CT molecular complexity index is 1200. The number of rotatable bonds is 2. The highest BCUT2D eigenvalue weighted by molar-refractivity contribution is 7.18. The molecular formula is C23H21ClN2O2S. The Morgan fingerprint density at radius 2 is 1.97 bits per heavy atom. The van der Waals surface area contributed by atoms with E-state index in [1.54, 1.807) is 11.3 Å². The Kier molecular flexibility index (Phi) is 4.60. The number of amides is 1. The number of aryl methyl sites for hydroxylation is 2. The van der Waals surface area contributed by atoms with E-state index in [1.165, 1.54) is 9.71 Å². The minimum absolute atomic E-state index is 0.0322. The van der Waals surface area contributed by atoms with Crippen molar-refractivity contribution in [1.82, 2.24) is 9.88 Å². The number of aromatic nitrogens is 1. The largest absolute Gasteiger partial charge is 0.451 e. The van der Waals surface area contributed by atoms with Gasteiger partial charge in [-0.1, -0.05) is 23.7 Å². The van der Waals surface area contributed by atoms with Crippen LogP contribution in [0.1, 0.15) is 45.4 Å². The third-order valence-electron chi connectivity index (χ3n) is 5.85. The van der Waals surface area contributed by atoms with Crippen LogP contribution in [0, 0.1) is 13.8 Å². The van der Waals surface area contributed by atoms with E-state index in [4.69, 9.17) is 21.0 Å². The summed E-state index contributed by atoms with van der Waals surface area (Å²) in [5, 5.41) is 2.79. The summed E-state index contributed by atoms with van der Waals surface area (Å²) in [5.74, 6) is 0.810. The molecule has 148 valence electrons. The predicted octanol–water partition coefficient (Wildman–Crippen LogP) is 6.33. The van der Waals surface area contributed by atoms with Crippen LogP contribution in [-0.4, -0.2) is 28.9 Å². The highest BCUT2D eigenvalue weighted by Crippen LogP contribution is 2.35. The zero-order chi connectivity index (χ0) is 20.1. The van der Waals surface area contributed by atoms with Crippen molar-refractivity contribution in [2.45, 2.75) is 32.6 Å². The Balaban J connectivity index is 1.34. The number of fused-ring (bicyclic) bond motifs is 2. The number of likely N-dealkylation sites (tertiary alicyclic amines) is 1. The minimum atomic E-state index is -0.0322. The van der Waals surface area contributed by atoms with Crippen molar-refractivity contribution in [2.75, 3.05) is 13.1 Å². The Morgan fingerprint density at radius 3 is 2.72 bits per heavy atom. The zero-order valence-corrected chi connectivity index (χ0v) is 17.9. The van der Waals surface area contributed by atoms with E-state index in [1.807, 2.05) is 36.9 Å². The molecule has 3 heterocycles. The number of piperidine rings is 1. The van der Waals surface area contributed by atoms with Crippen molar-refractivity contribution in [1.29, 1.82) is 0 Å². The van der Waals surface area contributed by atoms with Crippen LogP contribution in [0.3, 0.4) is 0 Å². The zero-order valence-electron chi connectivity index (χ0n) is 16.4. The third kappa shape index (κ3) is 3.22. The van der Waals surface area contributed by atoms with E-state index in [2.05, 4.69) is 18.2 Å². The van der Waals surface area contributed by atoms with Crippen molar-refractivity contribution in [2.24, 2.45) is 0 Å². The molecule has 0 saturated carbocycles. The monoisotopic (exact) mass is 424 g/mol. The van der Waals surface area contributed by atoms with Crippen LogP contribution in [-0.2, 0) is 0 Å². The van der Waals surface area contributed by atoms with Crippen LogP contribution in [0.25, 0.3) is 21.2 Å². The Labute approximate surface area is 178 Å². The van der Waals surface area contributed by atoms with Gasteiger partial charge < -0.3 is 9.32 Å².